The molecule has 1 aromatic heterocycles. The van der Waals surface area contributed by atoms with Crippen molar-refractivity contribution in [3.05, 3.63) is 22.8 Å². The average Bonchev–Trinajstić information content (AvgIpc) is 3.33. The van der Waals surface area contributed by atoms with Crippen molar-refractivity contribution in [2.45, 2.75) is 44.4 Å². The normalized spacial score (nSPS) is 23.7. The zero-order valence-electron chi connectivity index (χ0n) is 16.8. The maximum absolute atomic E-state index is 12.8. The monoisotopic (exact) mass is 432 g/mol. The molecule has 3 rings (SSSR count). The summed E-state index contributed by atoms with van der Waals surface area (Å²) in [5, 5.41) is 6.83. The Labute approximate surface area is 174 Å². The van der Waals surface area contributed by atoms with Crippen molar-refractivity contribution in [3.8, 4) is 0 Å². The number of anilines is 1. The number of nitrogens with one attached hydrogen (secondary N) is 2. The minimum absolute atomic E-state index is 0.0175. The largest absolute Gasteiger partial charge is 0.417 e. The fraction of sp³-hybridized carbons (Fsp3) is 0.684. The number of guanidine groups is 1. The van der Waals surface area contributed by atoms with Crippen LogP contribution in [0.1, 0.15) is 31.7 Å². The number of aromatic nitrogens is 1. The molecule has 29 heavy (non-hydrogen) atoms. The molecule has 2 N–H and O–H groups in total. The molecule has 6 nitrogen and oxygen atoms in total. The quantitative estimate of drug-likeness (QED) is 0.553. The van der Waals surface area contributed by atoms with Gasteiger partial charge in [0.05, 0.1) is 10.6 Å². The molecule has 0 spiro atoms. The van der Waals surface area contributed by atoms with Gasteiger partial charge in [-0.15, -0.1) is 0 Å². The van der Waals surface area contributed by atoms with E-state index in [1.165, 1.54) is 12.8 Å². The van der Waals surface area contributed by atoms with Gasteiger partial charge in [-0.05, 0) is 38.4 Å². The Morgan fingerprint density at radius 1 is 1.34 bits per heavy atom. The Bertz CT molecular complexity index is 726. The highest BCUT2D eigenvalue weighted by atomic mass is 35.5. The molecule has 0 radical (unpaired) electrons. The molecular formula is C19H28ClF3N6. The second-order valence-corrected chi connectivity index (χ2v) is 7.89. The highest BCUT2D eigenvalue weighted by Crippen LogP contribution is 2.34. The molecule has 162 valence electrons. The standard InChI is InChI=1S/C19H28ClF3N6/c1-3-28-7-4-5-15(28)11-26-18(24-2)27-14-6-8-29(12-14)17-16(20)9-13(10-25-17)19(21,22)23/h9-10,14-15H,3-8,11-12H2,1-2H3,(H2,24,26,27). The van der Waals surface area contributed by atoms with E-state index in [1.807, 2.05) is 4.90 Å². The molecule has 0 aliphatic carbocycles. The van der Waals surface area contributed by atoms with Crippen LogP contribution in [0, 0.1) is 0 Å². The summed E-state index contributed by atoms with van der Waals surface area (Å²) in [4.78, 5) is 12.6. The van der Waals surface area contributed by atoms with Crippen molar-refractivity contribution in [3.63, 3.8) is 0 Å². The number of likely N-dealkylation sites (tertiary alicyclic amines) is 1. The number of rotatable bonds is 5. The SMILES string of the molecule is CCN1CCCC1CNC(=NC)NC1CCN(c2ncc(C(F)(F)F)cc2Cl)C1. The Balaban J connectivity index is 1.53. The molecular weight excluding hydrogens is 405 g/mol. The van der Waals surface area contributed by atoms with Crippen LogP contribution >= 0.6 is 11.6 Å². The Morgan fingerprint density at radius 2 is 2.14 bits per heavy atom. The van der Waals surface area contributed by atoms with E-state index in [4.69, 9.17) is 11.6 Å². The maximum atomic E-state index is 12.8. The van der Waals surface area contributed by atoms with Gasteiger partial charge in [0.2, 0.25) is 0 Å². The molecule has 2 aliphatic heterocycles. The van der Waals surface area contributed by atoms with E-state index in [0.717, 1.165) is 44.3 Å². The molecule has 2 unspecified atom stereocenters. The average molecular weight is 433 g/mol. The first-order valence-corrected chi connectivity index (χ1v) is 10.4. The lowest BCUT2D eigenvalue weighted by Crippen LogP contribution is -2.48. The van der Waals surface area contributed by atoms with E-state index in [-0.39, 0.29) is 11.1 Å². The molecule has 0 saturated carbocycles. The third-order valence-electron chi connectivity index (χ3n) is 5.61. The molecule has 2 atom stereocenters. The number of hydrogen-bond acceptors (Lipinski definition) is 4. The number of hydrogen-bond donors (Lipinski definition) is 2. The van der Waals surface area contributed by atoms with Crippen molar-refractivity contribution in [1.29, 1.82) is 0 Å². The van der Waals surface area contributed by atoms with Crippen LogP contribution in [0.3, 0.4) is 0 Å². The van der Waals surface area contributed by atoms with Gasteiger partial charge in [0.1, 0.15) is 5.82 Å². The summed E-state index contributed by atoms with van der Waals surface area (Å²) in [6.45, 7) is 6.49. The van der Waals surface area contributed by atoms with Crippen molar-refractivity contribution < 1.29 is 13.2 Å². The maximum Gasteiger partial charge on any atom is 0.417 e. The Hall–Kier alpha value is -1.74. The van der Waals surface area contributed by atoms with Gasteiger partial charge in [-0.3, -0.25) is 9.89 Å². The number of aliphatic imine (C=N–C) groups is 1. The van der Waals surface area contributed by atoms with Gasteiger partial charge in [-0.25, -0.2) is 4.98 Å². The van der Waals surface area contributed by atoms with E-state index in [2.05, 4.69) is 32.4 Å². The van der Waals surface area contributed by atoms with Crippen LogP contribution in [0.15, 0.2) is 17.3 Å². The molecule has 0 aromatic carbocycles. The summed E-state index contributed by atoms with van der Waals surface area (Å²) < 4.78 is 38.4. The number of alkyl halides is 3. The summed E-state index contributed by atoms with van der Waals surface area (Å²) in [7, 11) is 1.74. The van der Waals surface area contributed by atoms with Crippen molar-refractivity contribution in [1.82, 2.24) is 20.5 Å². The summed E-state index contributed by atoms with van der Waals surface area (Å²) in [6, 6.07) is 1.58. The van der Waals surface area contributed by atoms with Gasteiger partial charge in [0.25, 0.3) is 0 Å². The third-order valence-corrected chi connectivity index (χ3v) is 5.89. The van der Waals surface area contributed by atoms with Gasteiger partial charge in [0.15, 0.2) is 5.96 Å². The lowest BCUT2D eigenvalue weighted by molar-refractivity contribution is -0.137. The Kier molecular flexibility index (Phi) is 7.10. The van der Waals surface area contributed by atoms with E-state index >= 15 is 0 Å². The fourth-order valence-corrected chi connectivity index (χ4v) is 4.32. The van der Waals surface area contributed by atoms with Gasteiger partial charge in [-0.2, -0.15) is 13.2 Å². The van der Waals surface area contributed by atoms with Gasteiger partial charge in [0, 0.05) is 45.0 Å². The third kappa shape index (κ3) is 5.45. The highest BCUT2D eigenvalue weighted by molar-refractivity contribution is 6.33. The van der Waals surface area contributed by atoms with E-state index in [0.29, 0.717) is 24.9 Å². The van der Waals surface area contributed by atoms with Crippen LogP contribution in [-0.2, 0) is 6.18 Å². The summed E-state index contributed by atoms with van der Waals surface area (Å²) in [5.41, 5.74) is -0.835. The van der Waals surface area contributed by atoms with E-state index in [9.17, 15) is 13.2 Å². The predicted octanol–water partition coefficient (Wildman–Crippen LogP) is 2.98. The summed E-state index contributed by atoms with van der Waals surface area (Å²) in [5.74, 6) is 1.13. The Morgan fingerprint density at radius 3 is 2.79 bits per heavy atom. The van der Waals surface area contributed by atoms with Crippen LogP contribution in [0.2, 0.25) is 5.02 Å². The number of halogens is 4. The molecule has 2 aliphatic rings. The van der Waals surface area contributed by atoms with Crippen molar-refractivity contribution in [2.75, 3.05) is 44.7 Å². The van der Waals surface area contributed by atoms with Crippen molar-refractivity contribution in [2.24, 2.45) is 4.99 Å². The lowest BCUT2D eigenvalue weighted by Gasteiger charge is -2.25. The second kappa shape index (κ2) is 9.38. The fourth-order valence-electron chi connectivity index (χ4n) is 4.03. The van der Waals surface area contributed by atoms with E-state index in [1.54, 1.807) is 7.05 Å². The van der Waals surface area contributed by atoms with Crippen LogP contribution in [0.5, 0.6) is 0 Å². The number of likely N-dealkylation sites (N-methyl/N-ethyl adjacent to an activating group) is 1. The topological polar surface area (TPSA) is 55.8 Å². The lowest BCUT2D eigenvalue weighted by atomic mass is 10.2. The summed E-state index contributed by atoms with van der Waals surface area (Å²) in [6.07, 6.45) is -0.374. The zero-order valence-corrected chi connectivity index (χ0v) is 17.5. The zero-order chi connectivity index (χ0) is 21.0. The molecule has 10 heteroatoms. The molecule has 1 aromatic rings. The first kappa shape index (κ1) is 22.0. The van der Waals surface area contributed by atoms with E-state index < -0.39 is 11.7 Å². The van der Waals surface area contributed by atoms with Gasteiger partial charge < -0.3 is 15.5 Å². The number of nitrogens with zero attached hydrogens (tertiary/aromatic N) is 4. The van der Waals surface area contributed by atoms with Crippen LogP contribution in [-0.4, -0.2) is 67.7 Å². The molecule has 2 saturated heterocycles. The minimum atomic E-state index is -4.45. The van der Waals surface area contributed by atoms with Crippen LogP contribution in [0.25, 0.3) is 0 Å². The molecule has 2 fully saturated rings. The second-order valence-electron chi connectivity index (χ2n) is 7.48. The first-order valence-electron chi connectivity index (χ1n) is 10.0. The van der Waals surface area contributed by atoms with Gasteiger partial charge in [-0.1, -0.05) is 18.5 Å². The van der Waals surface area contributed by atoms with Crippen LogP contribution in [0.4, 0.5) is 19.0 Å². The highest BCUT2D eigenvalue weighted by Gasteiger charge is 2.33. The molecule has 0 bridgehead atoms. The minimum Gasteiger partial charge on any atom is -0.355 e. The molecule has 3 heterocycles. The van der Waals surface area contributed by atoms with Crippen molar-refractivity contribution >= 4 is 23.4 Å². The first-order chi connectivity index (χ1) is 13.8. The smallest absolute Gasteiger partial charge is 0.355 e. The summed E-state index contributed by atoms with van der Waals surface area (Å²) >= 11 is 6.08. The predicted molar refractivity (Wildman–Crippen MR) is 110 cm³/mol. The molecule has 0 amide bonds. The number of pyridine rings is 1. The van der Waals surface area contributed by atoms with Gasteiger partial charge >= 0.3 is 6.18 Å². The van der Waals surface area contributed by atoms with Crippen LogP contribution < -0.4 is 15.5 Å².